The second-order valence-electron chi connectivity index (χ2n) is 11.0. The average Bonchev–Trinajstić information content (AvgIpc) is 3.65. The summed E-state index contributed by atoms with van der Waals surface area (Å²) in [5.74, 6) is -5.88. The van der Waals surface area contributed by atoms with Gasteiger partial charge in [0.05, 0.1) is 15.5 Å². The predicted molar refractivity (Wildman–Crippen MR) is 146 cm³/mol. The first-order valence-corrected chi connectivity index (χ1v) is 14.7. The molecule has 2 fully saturated rings. The number of anilines is 2. The lowest BCUT2D eigenvalue weighted by Gasteiger charge is -2.35. The Labute approximate surface area is 234 Å². The smallest absolute Gasteiger partial charge is 0.313 e. The minimum atomic E-state index is -2.78. The molecule has 2 aromatic rings. The summed E-state index contributed by atoms with van der Waals surface area (Å²) in [6.07, 6.45) is 0.667. The van der Waals surface area contributed by atoms with Crippen LogP contribution >= 0.6 is 23.7 Å². The van der Waals surface area contributed by atoms with E-state index in [0.29, 0.717) is 30.0 Å². The largest absolute Gasteiger partial charge is 0.491 e. The van der Waals surface area contributed by atoms with Crippen molar-refractivity contribution in [2.75, 3.05) is 25.1 Å². The lowest BCUT2D eigenvalue weighted by Crippen LogP contribution is -2.37. The van der Waals surface area contributed by atoms with E-state index in [4.69, 9.17) is 4.74 Å². The van der Waals surface area contributed by atoms with Gasteiger partial charge in [0.25, 0.3) is 0 Å². The molecule has 0 amide bonds. The summed E-state index contributed by atoms with van der Waals surface area (Å²) in [7, 11) is 1.88. The third kappa shape index (κ3) is 6.62. The van der Waals surface area contributed by atoms with Crippen molar-refractivity contribution in [3.63, 3.8) is 0 Å². The van der Waals surface area contributed by atoms with Crippen molar-refractivity contribution in [2.45, 2.75) is 78.4 Å². The Morgan fingerprint density at radius 2 is 1.90 bits per heavy atom. The fourth-order valence-corrected chi connectivity index (χ4v) is 7.36. The van der Waals surface area contributed by atoms with Gasteiger partial charge < -0.3 is 14.7 Å². The van der Waals surface area contributed by atoms with Gasteiger partial charge in [-0.15, -0.1) is 11.8 Å². The molecule has 0 bridgehead atoms. The van der Waals surface area contributed by atoms with Crippen LogP contribution in [0, 0.1) is 5.41 Å². The van der Waals surface area contributed by atoms with Gasteiger partial charge in [0.2, 0.25) is 11.8 Å². The number of fused-ring (bicyclic) bond motifs is 1. The number of aliphatic carboxylic acids is 1. The van der Waals surface area contributed by atoms with E-state index in [2.05, 4.69) is 4.90 Å². The van der Waals surface area contributed by atoms with E-state index in [0.717, 1.165) is 23.2 Å². The van der Waals surface area contributed by atoms with Gasteiger partial charge in [-0.3, -0.25) is 4.79 Å². The molecule has 1 heterocycles. The van der Waals surface area contributed by atoms with Crippen LogP contribution in [0.4, 0.5) is 28.9 Å². The van der Waals surface area contributed by atoms with Crippen LogP contribution in [0.1, 0.15) is 45.4 Å². The van der Waals surface area contributed by atoms with E-state index < -0.39 is 23.2 Å². The molecule has 39 heavy (non-hydrogen) atoms. The maximum atomic E-state index is 13.8. The van der Waals surface area contributed by atoms with Crippen LogP contribution in [-0.2, 0) is 4.79 Å². The third-order valence-corrected chi connectivity index (χ3v) is 9.96. The first kappa shape index (κ1) is 28.4. The number of alkyl halides is 4. The Balaban J connectivity index is 1.51. The first-order valence-electron chi connectivity index (χ1n) is 13.0. The van der Waals surface area contributed by atoms with E-state index in [1.54, 1.807) is 0 Å². The second kappa shape index (κ2) is 10.7. The van der Waals surface area contributed by atoms with Crippen LogP contribution in [0.2, 0.25) is 0 Å². The van der Waals surface area contributed by atoms with E-state index in [1.165, 1.54) is 23.7 Å². The second-order valence-corrected chi connectivity index (χ2v) is 13.5. The van der Waals surface area contributed by atoms with Gasteiger partial charge in [0, 0.05) is 42.8 Å². The maximum absolute atomic E-state index is 13.8. The van der Waals surface area contributed by atoms with E-state index in [-0.39, 0.29) is 43.6 Å². The third-order valence-electron chi connectivity index (χ3n) is 7.61. The molecule has 3 aliphatic rings. The number of hydrogen-bond acceptors (Lipinski definition) is 6. The van der Waals surface area contributed by atoms with E-state index in [1.807, 2.05) is 53.8 Å². The SMILES string of the molecule is CN1Sc2cc(OCC3(C(=O)O)CC3)c(SC3CC(F)(F)C3)cc2N(c2ccccc2)CC1CCC(C)(F)F. The molecule has 2 aromatic carbocycles. The molecule has 11 heteroatoms. The van der Waals surface area contributed by atoms with Crippen LogP contribution in [0.25, 0.3) is 0 Å². The Morgan fingerprint density at radius 1 is 1.21 bits per heavy atom. The lowest BCUT2D eigenvalue weighted by molar-refractivity contribution is -0.144. The van der Waals surface area contributed by atoms with Crippen LogP contribution in [0.3, 0.4) is 0 Å². The van der Waals surface area contributed by atoms with Crippen molar-refractivity contribution < 1.29 is 32.2 Å². The quantitative estimate of drug-likeness (QED) is 0.227. The number of para-hydroxylation sites is 1. The van der Waals surface area contributed by atoms with Crippen molar-refractivity contribution in [3.8, 4) is 5.75 Å². The summed E-state index contributed by atoms with van der Waals surface area (Å²) in [6, 6.07) is 13.2. The highest BCUT2D eigenvalue weighted by Crippen LogP contribution is 2.53. The van der Waals surface area contributed by atoms with Crippen molar-refractivity contribution in [2.24, 2.45) is 5.41 Å². The molecule has 212 valence electrons. The number of carboxylic acid groups (broad SMARTS) is 1. The molecular weight excluding hydrogens is 552 g/mol. The highest BCUT2D eigenvalue weighted by molar-refractivity contribution is 8.00. The first-order chi connectivity index (χ1) is 18.3. The summed E-state index contributed by atoms with van der Waals surface area (Å²) in [6.45, 7) is 1.40. The fraction of sp³-hybridized carbons (Fsp3) is 0.536. The van der Waals surface area contributed by atoms with Crippen molar-refractivity contribution >= 4 is 41.1 Å². The minimum absolute atomic E-state index is 0.00657. The van der Waals surface area contributed by atoms with Crippen LogP contribution < -0.4 is 9.64 Å². The van der Waals surface area contributed by atoms with Gasteiger partial charge in [-0.2, -0.15) is 0 Å². The number of ether oxygens (including phenoxy) is 1. The molecular formula is C28H32F4N2O3S2. The molecule has 1 unspecified atom stereocenters. The number of thioether (sulfide) groups is 1. The Hall–Kier alpha value is -2.11. The number of rotatable bonds is 10. The molecule has 2 saturated carbocycles. The Morgan fingerprint density at radius 3 is 2.49 bits per heavy atom. The zero-order valence-electron chi connectivity index (χ0n) is 21.8. The molecule has 1 aliphatic heterocycles. The number of nitrogens with zero attached hydrogens (tertiary/aromatic N) is 2. The van der Waals surface area contributed by atoms with Crippen molar-refractivity contribution in [3.05, 3.63) is 42.5 Å². The highest BCUT2D eigenvalue weighted by Gasteiger charge is 2.51. The van der Waals surface area contributed by atoms with Gasteiger partial charge in [-0.1, -0.05) is 18.2 Å². The Bertz CT molecular complexity index is 1200. The Kier molecular flexibility index (Phi) is 7.80. The summed E-state index contributed by atoms with van der Waals surface area (Å²) >= 11 is 2.76. The molecule has 1 N–H and O–H groups in total. The number of halogens is 4. The zero-order chi connectivity index (χ0) is 28.0. The molecule has 0 radical (unpaired) electrons. The van der Waals surface area contributed by atoms with Gasteiger partial charge >= 0.3 is 5.97 Å². The minimum Gasteiger partial charge on any atom is -0.491 e. The van der Waals surface area contributed by atoms with Gasteiger partial charge in [-0.05, 0) is 69.4 Å². The van der Waals surface area contributed by atoms with Crippen molar-refractivity contribution in [1.82, 2.24) is 4.31 Å². The molecule has 0 spiro atoms. The molecule has 5 rings (SSSR count). The van der Waals surface area contributed by atoms with Crippen LogP contribution in [0.5, 0.6) is 5.75 Å². The summed E-state index contributed by atoms with van der Waals surface area (Å²) in [5, 5.41) is 9.35. The van der Waals surface area contributed by atoms with Gasteiger partial charge in [0.1, 0.15) is 17.8 Å². The number of carboxylic acids is 1. The van der Waals surface area contributed by atoms with E-state index >= 15 is 0 Å². The van der Waals surface area contributed by atoms with Crippen molar-refractivity contribution in [1.29, 1.82) is 0 Å². The normalized spacial score (nSPS) is 22.5. The van der Waals surface area contributed by atoms with Crippen LogP contribution in [0.15, 0.2) is 52.3 Å². The topological polar surface area (TPSA) is 53.0 Å². The average molecular weight is 585 g/mol. The monoisotopic (exact) mass is 584 g/mol. The number of likely N-dealkylation sites (N-methyl/N-ethyl adjacent to an activating group) is 1. The van der Waals surface area contributed by atoms with Gasteiger partial charge in [-0.25, -0.2) is 21.9 Å². The summed E-state index contributed by atoms with van der Waals surface area (Å²) in [5.41, 5.74) is 0.823. The molecule has 0 aromatic heterocycles. The number of hydrogen-bond donors (Lipinski definition) is 1. The number of benzene rings is 2. The van der Waals surface area contributed by atoms with Crippen LogP contribution in [-0.4, -0.2) is 58.7 Å². The zero-order valence-corrected chi connectivity index (χ0v) is 23.5. The molecule has 1 atom stereocenters. The molecule has 2 aliphatic carbocycles. The molecule has 0 saturated heterocycles. The number of carbonyl (C=O) groups is 1. The summed E-state index contributed by atoms with van der Waals surface area (Å²) < 4.78 is 63.0. The molecule has 5 nitrogen and oxygen atoms in total. The highest BCUT2D eigenvalue weighted by atomic mass is 32.2. The van der Waals surface area contributed by atoms with E-state index in [9.17, 15) is 27.5 Å². The van der Waals surface area contributed by atoms with Gasteiger partial charge in [0.15, 0.2) is 0 Å². The predicted octanol–water partition coefficient (Wildman–Crippen LogP) is 7.71. The maximum Gasteiger partial charge on any atom is 0.313 e. The lowest BCUT2D eigenvalue weighted by atomic mass is 9.94. The standard InChI is InChI=1S/C28H32F4N2O3S2/c1-26(29,30)9-8-19-16-34(18-6-4-3-5-7-18)21-12-24(38-20-14-28(31,32)15-20)22(13-23(21)39-33(19)2)37-17-27(10-11-27)25(35)36/h3-7,12-13,19-20H,8-11,14-17H2,1-2H3,(H,35,36). The summed E-state index contributed by atoms with van der Waals surface area (Å²) in [4.78, 5) is 15.3. The fourth-order valence-electron chi connectivity index (χ4n) is 4.87.